The molecule has 0 radical (unpaired) electrons. The number of anilines is 1. The lowest BCUT2D eigenvalue weighted by Crippen LogP contribution is -2.40. The molecule has 2 heterocycles. The van der Waals surface area contributed by atoms with Gasteiger partial charge in [0.2, 0.25) is 10.0 Å². The topological polar surface area (TPSA) is 80.6 Å². The summed E-state index contributed by atoms with van der Waals surface area (Å²) in [5.41, 5.74) is 0.586. The molecule has 0 bridgehead atoms. The Balaban J connectivity index is 1.84. The zero-order valence-electron chi connectivity index (χ0n) is 13.9. The van der Waals surface area contributed by atoms with Gasteiger partial charge in [0.05, 0.1) is 23.9 Å². The van der Waals surface area contributed by atoms with Gasteiger partial charge in [0.25, 0.3) is 5.91 Å². The molecule has 7 nitrogen and oxygen atoms in total. The summed E-state index contributed by atoms with van der Waals surface area (Å²) < 4.78 is 33.4. The summed E-state index contributed by atoms with van der Waals surface area (Å²) >= 11 is 11.9. The lowest BCUT2D eigenvalue weighted by molar-refractivity contribution is 0.0730. The van der Waals surface area contributed by atoms with Crippen molar-refractivity contribution in [2.24, 2.45) is 7.05 Å². The largest absolute Gasteiger partial charge is 0.379 e. The molecule has 1 amide bonds. The number of aromatic nitrogens is 1. The van der Waals surface area contributed by atoms with Crippen LogP contribution < -0.4 is 5.32 Å². The van der Waals surface area contributed by atoms with Gasteiger partial charge in [-0.1, -0.05) is 23.2 Å². The third kappa shape index (κ3) is 3.89. The van der Waals surface area contributed by atoms with E-state index in [4.69, 9.17) is 27.9 Å². The second kappa shape index (κ2) is 7.58. The molecule has 3 rings (SSSR count). The van der Waals surface area contributed by atoms with E-state index in [0.29, 0.717) is 42.0 Å². The summed E-state index contributed by atoms with van der Waals surface area (Å²) in [6.45, 7) is 1.29. The normalized spacial score (nSPS) is 15.8. The summed E-state index contributed by atoms with van der Waals surface area (Å²) in [7, 11) is -2.07. The van der Waals surface area contributed by atoms with E-state index in [2.05, 4.69) is 5.32 Å². The second-order valence-electron chi connectivity index (χ2n) is 5.77. The lowest BCUT2D eigenvalue weighted by Gasteiger charge is -2.25. The standard InChI is InChI=1S/C16H17Cl2N3O4S/c1-20-10-12(26(23,24)21-4-6-25-7-5-21)9-15(20)16(22)19-14-3-2-11(17)8-13(14)18/h2-3,8-10H,4-7H2,1H3,(H,19,22). The average molecular weight is 418 g/mol. The Bertz CT molecular complexity index is 937. The van der Waals surface area contributed by atoms with Gasteiger partial charge in [-0.15, -0.1) is 0 Å². The number of morpholine rings is 1. The monoisotopic (exact) mass is 417 g/mol. The molecule has 1 fully saturated rings. The maximum absolute atomic E-state index is 12.7. The molecule has 1 aliphatic heterocycles. The van der Waals surface area contributed by atoms with Crippen LogP contribution in [-0.4, -0.2) is 49.5 Å². The van der Waals surface area contributed by atoms with Gasteiger partial charge < -0.3 is 14.6 Å². The quantitative estimate of drug-likeness (QED) is 0.828. The number of nitrogens with zero attached hydrogens (tertiary/aromatic N) is 2. The first-order valence-electron chi connectivity index (χ1n) is 7.80. The first kappa shape index (κ1) is 19.2. The van der Waals surface area contributed by atoms with Crippen LogP contribution in [0.25, 0.3) is 0 Å². The van der Waals surface area contributed by atoms with Crippen molar-refractivity contribution in [2.75, 3.05) is 31.6 Å². The Morgan fingerprint density at radius 2 is 1.88 bits per heavy atom. The smallest absolute Gasteiger partial charge is 0.272 e. The van der Waals surface area contributed by atoms with Gasteiger partial charge in [0.1, 0.15) is 10.6 Å². The summed E-state index contributed by atoms with van der Waals surface area (Å²) in [6.07, 6.45) is 1.42. The molecule has 1 aromatic carbocycles. The highest BCUT2D eigenvalue weighted by atomic mass is 35.5. The molecule has 0 atom stereocenters. The minimum atomic E-state index is -3.67. The van der Waals surface area contributed by atoms with Crippen LogP contribution in [0.4, 0.5) is 5.69 Å². The van der Waals surface area contributed by atoms with Crippen molar-refractivity contribution in [2.45, 2.75) is 4.90 Å². The predicted octanol–water partition coefficient (Wildman–Crippen LogP) is 2.61. The fourth-order valence-corrected chi connectivity index (χ4v) is 4.55. The molecule has 2 aromatic rings. The molecular formula is C16H17Cl2N3O4S. The summed E-state index contributed by atoms with van der Waals surface area (Å²) in [6, 6.07) is 6.04. The molecule has 1 aromatic heterocycles. The molecule has 0 unspecified atom stereocenters. The zero-order chi connectivity index (χ0) is 18.9. The fraction of sp³-hybridized carbons (Fsp3) is 0.312. The molecule has 1 aliphatic rings. The van der Waals surface area contributed by atoms with E-state index in [1.807, 2.05) is 0 Å². The van der Waals surface area contributed by atoms with Crippen molar-refractivity contribution < 1.29 is 17.9 Å². The SMILES string of the molecule is Cn1cc(S(=O)(=O)N2CCOCC2)cc1C(=O)Nc1ccc(Cl)cc1Cl. The van der Waals surface area contributed by atoms with E-state index < -0.39 is 15.9 Å². The van der Waals surface area contributed by atoms with Crippen LogP contribution in [0.2, 0.25) is 10.0 Å². The van der Waals surface area contributed by atoms with Crippen LogP contribution in [0.5, 0.6) is 0 Å². The van der Waals surface area contributed by atoms with Crippen LogP contribution in [-0.2, 0) is 21.8 Å². The van der Waals surface area contributed by atoms with Crippen molar-refractivity contribution in [1.29, 1.82) is 0 Å². The fourth-order valence-electron chi connectivity index (χ4n) is 2.61. The van der Waals surface area contributed by atoms with Crippen molar-refractivity contribution in [3.8, 4) is 0 Å². The van der Waals surface area contributed by atoms with Crippen LogP contribution in [0.1, 0.15) is 10.5 Å². The van der Waals surface area contributed by atoms with Gasteiger partial charge in [0, 0.05) is 31.4 Å². The number of carbonyl (C=O) groups is 1. The minimum Gasteiger partial charge on any atom is -0.379 e. The molecule has 1 saturated heterocycles. The van der Waals surface area contributed by atoms with Crippen LogP contribution in [0.15, 0.2) is 35.4 Å². The Labute approximate surface area is 161 Å². The van der Waals surface area contributed by atoms with Gasteiger partial charge in [-0.25, -0.2) is 8.42 Å². The van der Waals surface area contributed by atoms with Gasteiger partial charge in [-0.2, -0.15) is 4.31 Å². The number of benzene rings is 1. The predicted molar refractivity (Wildman–Crippen MR) is 99.4 cm³/mol. The maximum atomic E-state index is 12.7. The number of amides is 1. The van der Waals surface area contributed by atoms with Gasteiger partial charge in [-0.3, -0.25) is 4.79 Å². The van der Waals surface area contributed by atoms with E-state index in [0.717, 1.165) is 0 Å². The number of hydrogen-bond donors (Lipinski definition) is 1. The van der Waals surface area contributed by atoms with Crippen LogP contribution in [0, 0.1) is 0 Å². The Hall–Kier alpha value is -1.58. The summed E-state index contributed by atoms with van der Waals surface area (Å²) in [4.78, 5) is 12.6. The highest BCUT2D eigenvalue weighted by Crippen LogP contribution is 2.26. The molecule has 140 valence electrons. The minimum absolute atomic E-state index is 0.0641. The molecule has 0 saturated carbocycles. The van der Waals surface area contributed by atoms with E-state index in [-0.39, 0.29) is 10.6 Å². The number of hydrogen-bond acceptors (Lipinski definition) is 4. The van der Waals surface area contributed by atoms with Crippen molar-refractivity contribution >= 4 is 44.8 Å². The van der Waals surface area contributed by atoms with Crippen LogP contribution in [0.3, 0.4) is 0 Å². The number of aryl methyl sites for hydroxylation is 1. The first-order valence-corrected chi connectivity index (χ1v) is 9.99. The molecule has 26 heavy (non-hydrogen) atoms. The highest BCUT2D eigenvalue weighted by molar-refractivity contribution is 7.89. The van der Waals surface area contributed by atoms with Gasteiger partial charge in [0.15, 0.2) is 0 Å². The zero-order valence-corrected chi connectivity index (χ0v) is 16.2. The summed E-state index contributed by atoms with van der Waals surface area (Å²) in [5, 5.41) is 3.40. The average Bonchev–Trinajstić information content (AvgIpc) is 3.01. The van der Waals surface area contributed by atoms with E-state index in [1.165, 1.54) is 27.2 Å². The maximum Gasteiger partial charge on any atom is 0.272 e. The van der Waals surface area contributed by atoms with Crippen molar-refractivity contribution in [3.63, 3.8) is 0 Å². The van der Waals surface area contributed by atoms with E-state index >= 15 is 0 Å². The molecule has 0 aliphatic carbocycles. The Morgan fingerprint density at radius 1 is 1.19 bits per heavy atom. The second-order valence-corrected chi connectivity index (χ2v) is 8.55. The number of carbonyl (C=O) groups excluding carboxylic acids is 1. The van der Waals surface area contributed by atoms with E-state index in [1.54, 1.807) is 19.2 Å². The Morgan fingerprint density at radius 3 is 2.54 bits per heavy atom. The summed E-state index contributed by atoms with van der Waals surface area (Å²) in [5.74, 6) is -0.472. The number of halogens is 2. The van der Waals surface area contributed by atoms with Crippen LogP contribution >= 0.6 is 23.2 Å². The Kier molecular flexibility index (Phi) is 5.59. The van der Waals surface area contributed by atoms with Crippen molar-refractivity contribution in [3.05, 3.63) is 46.2 Å². The molecule has 0 spiro atoms. The van der Waals surface area contributed by atoms with E-state index in [9.17, 15) is 13.2 Å². The van der Waals surface area contributed by atoms with Gasteiger partial charge >= 0.3 is 0 Å². The molecular weight excluding hydrogens is 401 g/mol. The molecule has 10 heteroatoms. The lowest BCUT2D eigenvalue weighted by atomic mass is 10.3. The number of ether oxygens (including phenoxy) is 1. The third-order valence-corrected chi connectivity index (χ3v) is 6.41. The first-order chi connectivity index (χ1) is 12.3. The number of nitrogens with one attached hydrogen (secondary N) is 1. The molecule has 1 N–H and O–H groups in total. The van der Waals surface area contributed by atoms with Crippen molar-refractivity contribution in [1.82, 2.24) is 8.87 Å². The third-order valence-electron chi connectivity index (χ3n) is 4.00. The highest BCUT2D eigenvalue weighted by Gasteiger charge is 2.28. The van der Waals surface area contributed by atoms with Gasteiger partial charge in [-0.05, 0) is 24.3 Å². The number of sulfonamides is 1. The number of rotatable bonds is 4.